The largest absolute Gasteiger partial charge is 0.476 e. The summed E-state index contributed by atoms with van der Waals surface area (Å²) in [7, 11) is 0. The van der Waals surface area contributed by atoms with Gasteiger partial charge in [0.05, 0.1) is 12.3 Å². The first-order valence-corrected chi connectivity index (χ1v) is 7.58. The van der Waals surface area contributed by atoms with Gasteiger partial charge in [0.25, 0.3) is 0 Å². The highest BCUT2D eigenvalue weighted by molar-refractivity contribution is 5.53. The van der Waals surface area contributed by atoms with Crippen LogP contribution in [-0.2, 0) is 0 Å². The highest BCUT2D eigenvalue weighted by Gasteiger charge is 2.16. The van der Waals surface area contributed by atoms with Crippen molar-refractivity contribution < 1.29 is 4.74 Å². The number of rotatable bonds is 6. The van der Waals surface area contributed by atoms with Gasteiger partial charge >= 0.3 is 0 Å². The van der Waals surface area contributed by atoms with Gasteiger partial charge in [-0.1, -0.05) is 6.42 Å². The number of likely N-dealkylation sites (tertiary alicyclic amines) is 1. The molecule has 2 heterocycles. The molecule has 1 fully saturated rings. The molecule has 0 amide bonds. The lowest BCUT2D eigenvalue weighted by Crippen LogP contribution is -2.41. The summed E-state index contributed by atoms with van der Waals surface area (Å²) in [5.74, 6) is 1.34. The maximum atomic E-state index is 5.82. The van der Waals surface area contributed by atoms with Crippen LogP contribution in [-0.4, -0.2) is 42.2 Å². The van der Waals surface area contributed by atoms with Crippen LogP contribution in [0, 0.1) is 0 Å². The maximum absolute atomic E-state index is 5.82. The molecular weight excluding hydrogens is 252 g/mol. The van der Waals surface area contributed by atoms with Crippen LogP contribution in [0.3, 0.4) is 0 Å². The SMILES string of the molecule is CCOc1nc(NCC(C)N2CCCCC2)ccc1N. The molecule has 3 N–H and O–H groups in total. The number of nitrogens with one attached hydrogen (secondary N) is 1. The Balaban J connectivity index is 1.88. The van der Waals surface area contributed by atoms with Gasteiger partial charge in [-0.05, 0) is 51.9 Å². The topological polar surface area (TPSA) is 63.4 Å². The molecule has 1 aliphatic rings. The van der Waals surface area contributed by atoms with E-state index in [-0.39, 0.29) is 0 Å². The molecule has 0 aromatic carbocycles. The number of piperidine rings is 1. The van der Waals surface area contributed by atoms with Crippen LogP contribution in [0.25, 0.3) is 0 Å². The van der Waals surface area contributed by atoms with Crippen LogP contribution in [0.15, 0.2) is 12.1 Å². The third-order valence-electron chi connectivity index (χ3n) is 3.76. The minimum atomic E-state index is 0.517. The number of nitrogens with two attached hydrogens (primary N) is 1. The Hall–Kier alpha value is -1.49. The first kappa shape index (κ1) is 14.9. The molecule has 2 rings (SSSR count). The van der Waals surface area contributed by atoms with Crippen LogP contribution in [0.1, 0.15) is 33.1 Å². The smallest absolute Gasteiger partial charge is 0.239 e. The lowest BCUT2D eigenvalue weighted by Gasteiger charge is -2.32. The molecule has 0 bridgehead atoms. The van der Waals surface area contributed by atoms with Gasteiger partial charge in [0.15, 0.2) is 0 Å². The zero-order valence-electron chi connectivity index (χ0n) is 12.6. The fourth-order valence-corrected chi connectivity index (χ4v) is 2.54. The average molecular weight is 278 g/mol. The van der Waals surface area contributed by atoms with Crippen LogP contribution < -0.4 is 15.8 Å². The Morgan fingerprint density at radius 3 is 2.80 bits per heavy atom. The average Bonchev–Trinajstić information content (AvgIpc) is 2.49. The number of anilines is 2. The number of hydrogen-bond acceptors (Lipinski definition) is 5. The van der Waals surface area contributed by atoms with Gasteiger partial charge in [-0.25, -0.2) is 0 Å². The lowest BCUT2D eigenvalue weighted by molar-refractivity contribution is 0.180. The normalized spacial score (nSPS) is 17.7. The van der Waals surface area contributed by atoms with Gasteiger partial charge in [0.1, 0.15) is 5.82 Å². The van der Waals surface area contributed by atoms with E-state index >= 15 is 0 Å². The van der Waals surface area contributed by atoms with E-state index in [2.05, 4.69) is 22.1 Å². The third kappa shape index (κ3) is 4.00. The van der Waals surface area contributed by atoms with E-state index in [1.54, 1.807) is 0 Å². The molecule has 20 heavy (non-hydrogen) atoms. The Morgan fingerprint density at radius 1 is 1.35 bits per heavy atom. The molecule has 0 aliphatic carbocycles. The van der Waals surface area contributed by atoms with E-state index in [4.69, 9.17) is 10.5 Å². The summed E-state index contributed by atoms with van der Waals surface area (Å²) < 4.78 is 5.41. The van der Waals surface area contributed by atoms with Crippen molar-refractivity contribution in [3.05, 3.63) is 12.1 Å². The first-order chi connectivity index (χ1) is 9.70. The Kier molecular flexibility index (Phi) is 5.47. The van der Waals surface area contributed by atoms with Gasteiger partial charge < -0.3 is 15.8 Å². The Labute approximate surface area is 121 Å². The van der Waals surface area contributed by atoms with Crippen molar-refractivity contribution in [2.24, 2.45) is 0 Å². The molecule has 1 aliphatic heterocycles. The molecule has 1 aromatic heterocycles. The molecule has 1 aromatic rings. The van der Waals surface area contributed by atoms with Crippen LogP contribution in [0.2, 0.25) is 0 Å². The molecule has 0 spiro atoms. The standard InChI is InChI=1S/C15H26N4O/c1-3-20-15-13(16)7-8-14(18-15)17-11-12(2)19-9-5-4-6-10-19/h7-8,12H,3-6,9-11,16H2,1-2H3,(H,17,18). The monoisotopic (exact) mass is 278 g/mol. The summed E-state index contributed by atoms with van der Waals surface area (Å²) >= 11 is 0. The second kappa shape index (κ2) is 7.33. The number of hydrogen-bond donors (Lipinski definition) is 2. The van der Waals surface area contributed by atoms with Gasteiger partial charge in [-0.3, -0.25) is 4.90 Å². The summed E-state index contributed by atoms with van der Waals surface area (Å²) in [6, 6.07) is 4.26. The zero-order chi connectivity index (χ0) is 14.4. The van der Waals surface area contributed by atoms with Crippen molar-refractivity contribution in [1.82, 2.24) is 9.88 Å². The molecule has 1 saturated heterocycles. The number of nitrogen functional groups attached to an aromatic ring is 1. The van der Waals surface area contributed by atoms with Crippen LogP contribution >= 0.6 is 0 Å². The van der Waals surface area contributed by atoms with Crippen molar-refractivity contribution in [2.75, 3.05) is 37.3 Å². The quantitative estimate of drug-likeness (QED) is 0.836. The van der Waals surface area contributed by atoms with Gasteiger partial charge in [0, 0.05) is 12.6 Å². The van der Waals surface area contributed by atoms with E-state index in [9.17, 15) is 0 Å². The van der Waals surface area contributed by atoms with E-state index in [0.29, 0.717) is 24.2 Å². The summed E-state index contributed by atoms with van der Waals surface area (Å²) in [6.45, 7) is 8.08. The minimum Gasteiger partial charge on any atom is -0.476 e. The van der Waals surface area contributed by atoms with Crippen molar-refractivity contribution in [2.45, 2.75) is 39.2 Å². The molecule has 112 valence electrons. The fourth-order valence-electron chi connectivity index (χ4n) is 2.54. The number of aromatic nitrogens is 1. The Morgan fingerprint density at radius 2 is 2.10 bits per heavy atom. The molecule has 0 saturated carbocycles. The highest BCUT2D eigenvalue weighted by Crippen LogP contribution is 2.21. The van der Waals surface area contributed by atoms with E-state index in [1.807, 2.05) is 19.1 Å². The highest BCUT2D eigenvalue weighted by atomic mass is 16.5. The van der Waals surface area contributed by atoms with Gasteiger partial charge in [0.2, 0.25) is 5.88 Å². The predicted molar refractivity (Wildman–Crippen MR) is 83.2 cm³/mol. The van der Waals surface area contributed by atoms with Gasteiger partial charge in [-0.15, -0.1) is 0 Å². The number of pyridine rings is 1. The number of nitrogens with zero attached hydrogens (tertiary/aromatic N) is 2. The summed E-state index contributed by atoms with van der Waals surface area (Å²) in [6.07, 6.45) is 4.01. The summed E-state index contributed by atoms with van der Waals surface area (Å²) in [5, 5.41) is 3.38. The van der Waals surface area contributed by atoms with E-state index < -0.39 is 0 Å². The summed E-state index contributed by atoms with van der Waals surface area (Å²) in [4.78, 5) is 6.94. The first-order valence-electron chi connectivity index (χ1n) is 7.58. The molecule has 5 heteroatoms. The van der Waals surface area contributed by atoms with E-state index in [0.717, 1.165) is 12.4 Å². The van der Waals surface area contributed by atoms with Gasteiger partial charge in [-0.2, -0.15) is 4.98 Å². The predicted octanol–water partition coefficient (Wildman–Crippen LogP) is 2.35. The minimum absolute atomic E-state index is 0.517. The molecule has 0 radical (unpaired) electrons. The number of ether oxygens (including phenoxy) is 1. The van der Waals surface area contributed by atoms with Crippen molar-refractivity contribution in [3.8, 4) is 5.88 Å². The second-order valence-electron chi connectivity index (χ2n) is 5.35. The van der Waals surface area contributed by atoms with Crippen molar-refractivity contribution in [1.29, 1.82) is 0 Å². The molecule has 1 unspecified atom stereocenters. The maximum Gasteiger partial charge on any atom is 0.239 e. The molecule has 5 nitrogen and oxygen atoms in total. The fraction of sp³-hybridized carbons (Fsp3) is 0.667. The van der Waals surface area contributed by atoms with Crippen LogP contribution in [0.5, 0.6) is 5.88 Å². The molecule has 1 atom stereocenters. The second-order valence-corrected chi connectivity index (χ2v) is 5.35. The van der Waals surface area contributed by atoms with E-state index in [1.165, 1.54) is 32.4 Å². The third-order valence-corrected chi connectivity index (χ3v) is 3.76. The van der Waals surface area contributed by atoms with Crippen molar-refractivity contribution in [3.63, 3.8) is 0 Å². The zero-order valence-corrected chi connectivity index (χ0v) is 12.6. The Bertz CT molecular complexity index is 418. The molecular formula is C15H26N4O. The van der Waals surface area contributed by atoms with Crippen LogP contribution in [0.4, 0.5) is 11.5 Å². The lowest BCUT2D eigenvalue weighted by atomic mass is 10.1. The van der Waals surface area contributed by atoms with Crippen molar-refractivity contribution >= 4 is 11.5 Å². The summed E-state index contributed by atoms with van der Waals surface area (Å²) in [5.41, 5.74) is 6.41.